The average molecular weight is 388 g/mol. The normalized spacial score (nSPS) is 20.8. The van der Waals surface area contributed by atoms with Gasteiger partial charge in [0.15, 0.2) is 6.61 Å². The molecule has 9 heteroatoms. The van der Waals surface area contributed by atoms with Crippen LogP contribution in [0.15, 0.2) is 12.1 Å². The van der Waals surface area contributed by atoms with Crippen LogP contribution in [0.3, 0.4) is 0 Å². The molecule has 2 atom stereocenters. The maximum absolute atomic E-state index is 11.5. The third-order valence-electron chi connectivity index (χ3n) is 4.30. The number of nitrogens with one attached hydrogen (secondary N) is 1. The van der Waals surface area contributed by atoms with Crippen LogP contribution >= 0.6 is 23.2 Å². The fraction of sp³-hybridized carbons (Fsp3) is 0.500. The Morgan fingerprint density at radius 1 is 1.32 bits per heavy atom. The smallest absolute Gasteiger partial charge is 0.262 e. The van der Waals surface area contributed by atoms with E-state index in [9.17, 15) is 9.59 Å². The van der Waals surface area contributed by atoms with Gasteiger partial charge in [0.05, 0.1) is 25.4 Å². The third kappa shape index (κ3) is 3.84. The Labute approximate surface area is 155 Å². The second kappa shape index (κ2) is 7.78. The lowest BCUT2D eigenvalue weighted by Crippen LogP contribution is -2.48. The molecule has 0 aliphatic carbocycles. The van der Waals surface area contributed by atoms with E-state index >= 15 is 0 Å². The highest BCUT2D eigenvalue weighted by Crippen LogP contribution is 2.39. The molecule has 0 saturated carbocycles. The number of nitrogens with zero attached hydrogens (tertiary/aromatic N) is 2. The van der Waals surface area contributed by atoms with Crippen molar-refractivity contribution in [1.29, 1.82) is 0 Å². The first-order chi connectivity index (χ1) is 12.0. The van der Waals surface area contributed by atoms with Crippen molar-refractivity contribution in [2.75, 3.05) is 38.2 Å². The minimum atomic E-state index is -0.511. The third-order valence-corrected chi connectivity index (χ3v) is 5.23. The van der Waals surface area contributed by atoms with E-state index in [4.69, 9.17) is 32.7 Å². The van der Waals surface area contributed by atoms with Crippen molar-refractivity contribution in [2.45, 2.75) is 18.3 Å². The molecule has 3 rings (SSSR count). The van der Waals surface area contributed by atoms with Crippen LogP contribution in [0, 0.1) is 0 Å². The summed E-state index contributed by atoms with van der Waals surface area (Å²) >= 11 is 13.1. The summed E-state index contributed by atoms with van der Waals surface area (Å²) < 4.78 is 10.8. The number of hydrogen-bond acceptors (Lipinski definition) is 5. The zero-order chi connectivity index (χ0) is 18.0. The summed E-state index contributed by atoms with van der Waals surface area (Å²) in [6.45, 7) is 3.79. The molecular weight excluding hydrogens is 369 g/mol. The molecule has 0 bridgehead atoms. The second-order valence-electron chi connectivity index (χ2n) is 5.91. The van der Waals surface area contributed by atoms with Gasteiger partial charge in [-0.15, -0.1) is 11.6 Å². The zero-order valence-corrected chi connectivity index (χ0v) is 15.2. The van der Waals surface area contributed by atoms with Gasteiger partial charge in [0, 0.05) is 23.6 Å². The topological polar surface area (TPSA) is 71.1 Å². The number of ether oxygens (including phenoxy) is 2. The molecule has 2 unspecified atom stereocenters. The number of alkyl halides is 1. The minimum absolute atomic E-state index is 0.0293. The Morgan fingerprint density at radius 3 is 2.84 bits per heavy atom. The van der Waals surface area contributed by atoms with Crippen molar-refractivity contribution in [3.8, 4) is 5.75 Å². The van der Waals surface area contributed by atoms with Crippen molar-refractivity contribution in [1.82, 2.24) is 10.0 Å². The number of halogens is 2. The molecule has 1 saturated heterocycles. The van der Waals surface area contributed by atoms with Crippen LogP contribution in [0.2, 0.25) is 5.02 Å². The van der Waals surface area contributed by atoms with Gasteiger partial charge < -0.3 is 14.8 Å². The predicted molar refractivity (Wildman–Crippen MR) is 93.9 cm³/mol. The van der Waals surface area contributed by atoms with Gasteiger partial charge in [-0.05, 0) is 11.6 Å². The molecule has 1 aromatic rings. The Balaban J connectivity index is 1.86. The molecule has 7 nitrogen and oxygen atoms in total. The van der Waals surface area contributed by atoms with E-state index in [0.29, 0.717) is 42.8 Å². The van der Waals surface area contributed by atoms with Crippen LogP contribution in [-0.2, 0) is 14.3 Å². The number of rotatable bonds is 4. The molecule has 0 radical (unpaired) electrons. The lowest BCUT2D eigenvalue weighted by molar-refractivity contribution is -0.135. The van der Waals surface area contributed by atoms with Crippen LogP contribution < -0.4 is 10.1 Å². The van der Waals surface area contributed by atoms with Gasteiger partial charge in [-0.25, -0.2) is 0 Å². The average Bonchev–Trinajstić information content (AvgIpc) is 2.85. The Bertz CT molecular complexity index is 673. The van der Waals surface area contributed by atoms with Crippen molar-refractivity contribution >= 4 is 41.2 Å². The van der Waals surface area contributed by atoms with E-state index in [0.717, 1.165) is 12.0 Å². The summed E-state index contributed by atoms with van der Waals surface area (Å²) in [5, 5.41) is 6.56. The van der Waals surface area contributed by atoms with E-state index < -0.39 is 5.50 Å². The first kappa shape index (κ1) is 18.3. The maximum Gasteiger partial charge on any atom is 0.262 e. The molecule has 1 aromatic carbocycles. The molecular formula is C16H19Cl2N3O4. The van der Waals surface area contributed by atoms with Crippen LogP contribution in [0.1, 0.15) is 18.4 Å². The molecule has 0 spiro atoms. The Hall–Kier alpha value is -1.54. The van der Waals surface area contributed by atoms with E-state index in [-0.39, 0.29) is 18.4 Å². The van der Waals surface area contributed by atoms with Gasteiger partial charge in [0.25, 0.3) is 5.91 Å². The van der Waals surface area contributed by atoms with Gasteiger partial charge in [-0.2, -0.15) is 5.01 Å². The summed E-state index contributed by atoms with van der Waals surface area (Å²) in [6.07, 6.45) is 0.749. The lowest BCUT2D eigenvalue weighted by Gasteiger charge is -2.36. The number of carbonyl (C=O) groups excluding carboxylic acids is 2. The summed E-state index contributed by atoms with van der Waals surface area (Å²) in [7, 11) is 0. The van der Waals surface area contributed by atoms with Gasteiger partial charge in [-0.1, -0.05) is 18.5 Å². The first-order valence-corrected chi connectivity index (χ1v) is 8.79. The standard InChI is InChI=1S/C16H19Cl2N3O4/c1-10(16(18)21-3-5-24-4-2-20(21)9-22)11-6-13-14(7-12(11)17)25-8-15(23)19-13/h6-7,9-10,16H,2-5,8H2,1H3,(H,19,23). The zero-order valence-electron chi connectivity index (χ0n) is 13.7. The molecule has 2 amide bonds. The quantitative estimate of drug-likeness (QED) is 0.486. The number of anilines is 1. The van der Waals surface area contributed by atoms with Gasteiger partial charge >= 0.3 is 0 Å². The second-order valence-corrected chi connectivity index (χ2v) is 6.77. The fourth-order valence-electron chi connectivity index (χ4n) is 2.93. The summed E-state index contributed by atoms with van der Waals surface area (Å²) in [6, 6.07) is 3.45. The van der Waals surface area contributed by atoms with Crippen molar-refractivity contribution < 1.29 is 19.1 Å². The number of hydrogen-bond donors (Lipinski definition) is 1. The summed E-state index contributed by atoms with van der Waals surface area (Å²) in [4.78, 5) is 22.9. The molecule has 25 heavy (non-hydrogen) atoms. The molecule has 2 aliphatic heterocycles. The maximum atomic E-state index is 11.5. The van der Waals surface area contributed by atoms with Crippen LogP contribution in [0.25, 0.3) is 0 Å². The van der Waals surface area contributed by atoms with E-state index in [2.05, 4.69) is 5.32 Å². The minimum Gasteiger partial charge on any atom is -0.482 e. The van der Waals surface area contributed by atoms with Gasteiger partial charge in [0.2, 0.25) is 6.41 Å². The molecule has 2 heterocycles. The Kier molecular flexibility index (Phi) is 5.68. The largest absolute Gasteiger partial charge is 0.482 e. The molecule has 2 aliphatic rings. The molecule has 1 N–H and O–H groups in total. The van der Waals surface area contributed by atoms with Crippen molar-refractivity contribution in [3.63, 3.8) is 0 Å². The van der Waals surface area contributed by atoms with Crippen LogP contribution in [-0.4, -0.2) is 60.7 Å². The van der Waals surface area contributed by atoms with E-state index in [1.807, 2.05) is 6.92 Å². The Morgan fingerprint density at radius 2 is 2.08 bits per heavy atom. The van der Waals surface area contributed by atoms with E-state index in [1.165, 1.54) is 5.01 Å². The van der Waals surface area contributed by atoms with Crippen molar-refractivity contribution in [2.24, 2.45) is 0 Å². The molecule has 1 fully saturated rings. The highest BCUT2D eigenvalue weighted by Gasteiger charge is 2.31. The monoisotopic (exact) mass is 387 g/mol. The van der Waals surface area contributed by atoms with E-state index in [1.54, 1.807) is 17.1 Å². The number of carbonyl (C=O) groups is 2. The van der Waals surface area contributed by atoms with Crippen molar-refractivity contribution in [3.05, 3.63) is 22.7 Å². The first-order valence-electron chi connectivity index (χ1n) is 7.97. The highest BCUT2D eigenvalue weighted by molar-refractivity contribution is 6.32. The molecule has 136 valence electrons. The van der Waals surface area contributed by atoms with Gasteiger partial charge in [-0.3, -0.25) is 14.6 Å². The van der Waals surface area contributed by atoms with Crippen LogP contribution in [0.5, 0.6) is 5.75 Å². The molecule has 0 aromatic heterocycles. The number of benzene rings is 1. The predicted octanol–water partition coefficient (Wildman–Crippen LogP) is 2.04. The van der Waals surface area contributed by atoms with Crippen LogP contribution in [0.4, 0.5) is 5.69 Å². The fourth-order valence-corrected chi connectivity index (χ4v) is 3.60. The highest BCUT2D eigenvalue weighted by atomic mass is 35.5. The summed E-state index contributed by atoms with van der Waals surface area (Å²) in [5.74, 6) is 0.107. The number of fused-ring (bicyclic) bond motifs is 1. The lowest BCUT2D eigenvalue weighted by atomic mass is 9.99. The van der Waals surface area contributed by atoms with Gasteiger partial charge in [0.1, 0.15) is 11.3 Å². The number of amides is 2. The summed E-state index contributed by atoms with van der Waals surface area (Å²) in [5.41, 5.74) is 0.822. The SMILES string of the molecule is CC(c1cc2c(cc1Cl)OCC(=O)N2)C(Cl)N1CCOCCN1C=O. The number of hydrazine groups is 1.